The molecule has 1 aromatic carbocycles. The van der Waals surface area contributed by atoms with Crippen molar-refractivity contribution in [1.29, 1.82) is 0 Å². The average Bonchev–Trinajstić information content (AvgIpc) is 2.75. The van der Waals surface area contributed by atoms with E-state index >= 15 is 0 Å². The maximum Gasteiger partial charge on any atom is 0.232 e. The van der Waals surface area contributed by atoms with Gasteiger partial charge in [-0.1, -0.05) is 0 Å². The van der Waals surface area contributed by atoms with Crippen molar-refractivity contribution in [1.82, 2.24) is 9.36 Å². The second-order valence-electron chi connectivity index (χ2n) is 3.02. The van der Waals surface area contributed by atoms with Gasteiger partial charge >= 0.3 is 0 Å². The number of nitrogen functional groups attached to an aromatic ring is 1. The topological polar surface area (TPSA) is 78.1 Å². The zero-order valence-electron chi connectivity index (χ0n) is 8.51. The summed E-state index contributed by atoms with van der Waals surface area (Å²) in [5.74, 6) is 0.645. The molecule has 1 aromatic heterocycles. The first-order valence-electron chi connectivity index (χ1n) is 4.48. The van der Waals surface area contributed by atoms with E-state index in [1.54, 1.807) is 31.4 Å². The molecule has 2 rings (SSSR count). The number of ether oxygens (including phenoxy) is 1. The molecule has 0 aliphatic rings. The molecule has 0 atom stereocenters. The predicted octanol–water partition coefficient (Wildman–Crippen LogP) is 1.36. The highest BCUT2D eigenvalue weighted by Crippen LogP contribution is 2.16. The van der Waals surface area contributed by atoms with Gasteiger partial charge in [-0.2, -0.15) is 9.36 Å². The molecule has 0 aliphatic heterocycles. The average molecular weight is 235 g/mol. The van der Waals surface area contributed by atoms with Crippen molar-refractivity contribution >= 4 is 23.3 Å². The van der Waals surface area contributed by atoms with Gasteiger partial charge in [-0.3, -0.25) is 4.79 Å². The van der Waals surface area contributed by atoms with Crippen molar-refractivity contribution in [3.8, 4) is 5.75 Å². The SMILES string of the molecule is COc1ccc(C(=O)c2nc(N)ns2)cc1. The van der Waals surface area contributed by atoms with Crippen LogP contribution in [0.5, 0.6) is 5.75 Å². The summed E-state index contributed by atoms with van der Waals surface area (Å²) in [5, 5.41) is 0.294. The van der Waals surface area contributed by atoms with Gasteiger partial charge in [0, 0.05) is 5.56 Å². The van der Waals surface area contributed by atoms with Crippen LogP contribution in [0.4, 0.5) is 5.95 Å². The Morgan fingerprint density at radius 3 is 2.56 bits per heavy atom. The molecule has 0 saturated heterocycles. The molecule has 2 aromatic rings. The van der Waals surface area contributed by atoms with Crippen LogP contribution in [0.25, 0.3) is 0 Å². The zero-order chi connectivity index (χ0) is 11.5. The molecular weight excluding hydrogens is 226 g/mol. The number of rotatable bonds is 3. The van der Waals surface area contributed by atoms with Gasteiger partial charge in [0.05, 0.1) is 7.11 Å². The Morgan fingerprint density at radius 2 is 2.06 bits per heavy atom. The Kier molecular flexibility index (Phi) is 2.82. The number of carbonyl (C=O) groups excluding carboxylic acids is 1. The zero-order valence-corrected chi connectivity index (χ0v) is 9.32. The van der Waals surface area contributed by atoms with Crippen molar-refractivity contribution in [2.75, 3.05) is 12.8 Å². The summed E-state index contributed by atoms with van der Waals surface area (Å²) in [6.45, 7) is 0. The first kappa shape index (κ1) is 10.6. The first-order valence-corrected chi connectivity index (χ1v) is 5.26. The van der Waals surface area contributed by atoms with Crippen LogP contribution >= 0.6 is 11.5 Å². The standard InChI is InChI=1S/C10H9N3O2S/c1-15-7-4-2-6(3-5-7)8(14)9-12-10(11)13-16-9/h2-5H,1H3,(H2,11,13). The number of methoxy groups -OCH3 is 1. The van der Waals surface area contributed by atoms with Crippen LogP contribution in [0, 0.1) is 0 Å². The maximum atomic E-state index is 11.9. The Hall–Kier alpha value is -1.95. The number of anilines is 1. The minimum Gasteiger partial charge on any atom is -0.497 e. The molecular formula is C10H9N3O2S. The number of nitrogens with two attached hydrogens (primary N) is 1. The molecule has 0 radical (unpaired) electrons. The van der Waals surface area contributed by atoms with Gasteiger partial charge in [0.25, 0.3) is 0 Å². The van der Waals surface area contributed by atoms with Crippen LogP contribution in [-0.4, -0.2) is 22.3 Å². The lowest BCUT2D eigenvalue weighted by Gasteiger charge is -2.00. The van der Waals surface area contributed by atoms with E-state index in [1.165, 1.54) is 0 Å². The normalized spacial score (nSPS) is 10.1. The number of carbonyl (C=O) groups is 1. The van der Waals surface area contributed by atoms with Crippen molar-refractivity contribution in [3.05, 3.63) is 34.8 Å². The molecule has 0 bridgehead atoms. The molecule has 0 saturated carbocycles. The van der Waals surface area contributed by atoms with Crippen molar-refractivity contribution in [2.45, 2.75) is 0 Å². The molecule has 1 heterocycles. The largest absolute Gasteiger partial charge is 0.497 e. The highest BCUT2D eigenvalue weighted by Gasteiger charge is 2.13. The smallest absolute Gasteiger partial charge is 0.232 e. The second kappa shape index (κ2) is 4.28. The van der Waals surface area contributed by atoms with Crippen molar-refractivity contribution in [3.63, 3.8) is 0 Å². The number of aromatic nitrogens is 2. The number of benzene rings is 1. The van der Waals surface area contributed by atoms with E-state index in [0.29, 0.717) is 16.3 Å². The van der Waals surface area contributed by atoms with E-state index in [9.17, 15) is 4.79 Å². The van der Waals surface area contributed by atoms with E-state index in [2.05, 4.69) is 9.36 Å². The minimum absolute atomic E-state index is 0.127. The lowest BCUT2D eigenvalue weighted by Crippen LogP contribution is -2.01. The number of hydrogen-bond acceptors (Lipinski definition) is 6. The van der Waals surface area contributed by atoms with E-state index in [4.69, 9.17) is 10.5 Å². The van der Waals surface area contributed by atoms with Crippen molar-refractivity contribution < 1.29 is 9.53 Å². The van der Waals surface area contributed by atoms with Crippen molar-refractivity contribution in [2.24, 2.45) is 0 Å². The first-order chi connectivity index (χ1) is 7.70. The molecule has 0 spiro atoms. The molecule has 5 nitrogen and oxygen atoms in total. The predicted molar refractivity (Wildman–Crippen MR) is 60.7 cm³/mol. The fourth-order valence-electron chi connectivity index (χ4n) is 1.19. The molecule has 82 valence electrons. The van der Waals surface area contributed by atoms with Crippen LogP contribution in [0.2, 0.25) is 0 Å². The van der Waals surface area contributed by atoms with Gasteiger partial charge < -0.3 is 10.5 Å². The van der Waals surface area contributed by atoms with Gasteiger partial charge in [-0.15, -0.1) is 0 Å². The third-order valence-corrected chi connectivity index (χ3v) is 2.72. The number of nitrogens with zero attached hydrogens (tertiary/aromatic N) is 2. The monoisotopic (exact) mass is 235 g/mol. The number of ketones is 1. The minimum atomic E-state index is -0.183. The third kappa shape index (κ3) is 2.01. The lowest BCUT2D eigenvalue weighted by molar-refractivity contribution is 0.103. The van der Waals surface area contributed by atoms with E-state index in [-0.39, 0.29) is 11.7 Å². The summed E-state index contributed by atoms with van der Waals surface area (Å²) in [4.78, 5) is 15.7. The van der Waals surface area contributed by atoms with Gasteiger partial charge in [0.15, 0.2) is 5.01 Å². The van der Waals surface area contributed by atoms with E-state index in [0.717, 1.165) is 11.5 Å². The van der Waals surface area contributed by atoms with E-state index < -0.39 is 0 Å². The summed E-state index contributed by atoms with van der Waals surface area (Å²) < 4.78 is 8.76. The highest BCUT2D eigenvalue weighted by molar-refractivity contribution is 7.08. The van der Waals surface area contributed by atoms with Gasteiger partial charge in [0.2, 0.25) is 11.7 Å². The molecule has 0 aliphatic carbocycles. The quantitative estimate of drug-likeness (QED) is 0.813. The lowest BCUT2D eigenvalue weighted by atomic mass is 10.1. The maximum absolute atomic E-state index is 11.9. The molecule has 6 heteroatoms. The van der Waals surface area contributed by atoms with Gasteiger partial charge in [-0.05, 0) is 35.8 Å². The summed E-state index contributed by atoms with van der Waals surface area (Å²) in [5.41, 5.74) is 5.89. The summed E-state index contributed by atoms with van der Waals surface area (Å²) >= 11 is 0.996. The Morgan fingerprint density at radius 1 is 1.38 bits per heavy atom. The molecule has 16 heavy (non-hydrogen) atoms. The number of hydrogen-bond donors (Lipinski definition) is 1. The van der Waals surface area contributed by atoms with Crippen LogP contribution < -0.4 is 10.5 Å². The Balaban J connectivity index is 2.27. The Labute approximate surface area is 96.1 Å². The summed E-state index contributed by atoms with van der Waals surface area (Å²) in [6.07, 6.45) is 0. The molecule has 0 fully saturated rings. The highest BCUT2D eigenvalue weighted by atomic mass is 32.1. The fraction of sp³-hybridized carbons (Fsp3) is 0.100. The van der Waals surface area contributed by atoms with Crippen LogP contribution in [0.1, 0.15) is 15.4 Å². The van der Waals surface area contributed by atoms with Crippen LogP contribution in [-0.2, 0) is 0 Å². The van der Waals surface area contributed by atoms with Crippen LogP contribution in [0.3, 0.4) is 0 Å². The van der Waals surface area contributed by atoms with E-state index in [1.807, 2.05) is 0 Å². The Bertz CT molecular complexity index is 507. The third-order valence-electron chi connectivity index (χ3n) is 1.99. The molecule has 0 amide bonds. The van der Waals surface area contributed by atoms with Gasteiger partial charge in [0.1, 0.15) is 5.75 Å². The van der Waals surface area contributed by atoms with Crippen LogP contribution in [0.15, 0.2) is 24.3 Å². The molecule has 2 N–H and O–H groups in total. The fourth-order valence-corrected chi connectivity index (χ4v) is 1.75. The molecule has 0 unspecified atom stereocenters. The second-order valence-corrected chi connectivity index (χ2v) is 3.77. The summed E-state index contributed by atoms with van der Waals surface area (Å²) in [6, 6.07) is 6.80. The van der Waals surface area contributed by atoms with Gasteiger partial charge in [-0.25, -0.2) is 0 Å². The summed E-state index contributed by atoms with van der Waals surface area (Å²) in [7, 11) is 1.57.